The van der Waals surface area contributed by atoms with Crippen LogP contribution in [-0.2, 0) is 6.42 Å². The van der Waals surface area contributed by atoms with Crippen molar-refractivity contribution in [3.8, 4) is 11.5 Å². The Balaban J connectivity index is 2.04. The normalized spacial score (nSPS) is 18.1. The van der Waals surface area contributed by atoms with Gasteiger partial charge >= 0.3 is 0 Å². The molecule has 1 aliphatic carbocycles. The fourth-order valence-electron chi connectivity index (χ4n) is 1.57. The van der Waals surface area contributed by atoms with E-state index < -0.39 is 0 Å². The average Bonchev–Trinajstić information content (AvgIpc) is 2.87. The topological polar surface area (TPSA) is 66.5 Å². The molecule has 2 rings (SSSR count). The van der Waals surface area contributed by atoms with Gasteiger partial charge < -0.3 is 15.9 Å². The van der Waals surface area contributed by atoms with Crippen LogP contribution in [-0.4, -0.2) is 15.8 Å². The van der Waals surface area contributed by atoms with Crippen LogP contribution in [0.1, 0.15) is 24.8 Å². The minimum Gasteiger partial charge on any atom is -0.508 e. The molecule has 0 atom stereocenters. The number of hydrogen-bond donors (Lipinski definition) is 3. The number of benzene rings is 1. The van der Waals surface area contributed by atoms with Crippen LogP contribution in [0, 0.1) is 0 Å². The van der Waals surface area contributed by atoms with Gasteiger partial charge in [0, 0.05) is 5.54 Å². The second-order valence-electron chi connectivity index (χ2n) is 4.18. The summed E-state index contributed by atoms with van der Waals surface area (Å²) in [6.45, 7) is 0. The Morgan fingerprint density at radius 1 is 1.29 bits per heavy atom. The molecule has 0 heterocycles. The Labute approximate surface area is 83.2 Å². The van der Waals surface area contributed by atoms with E-state index in [2.05, 4.69) is 0 Å². The van der Waals surface area contributed by atoms with Crippen molar-refractivity contribution in [2.24, 2.45) is 5.73 Å². The van der Waals surface area contributed by atoms with Crippen LogP contribution in [0.2, 0.25) is 0 Å². The SMILES string of the molecule is NC1(CCc2cc(O)ccc2O)CC1. The van der Waals surface area contributed by atoms with E-state index in [0.29, 0.717) is 0 Å². The van der Waals surface area contributed by atoms with Crippen LogP contribution in [0.4, 0.5) is 0 Å². The molecule has 0 bridgehead atoms. The maximum absolute atomic E-state index is 9.50. The van der Waals surface area contributed by atoms with Crippen LogP contribution in [0.25, 0.3) is 0 Å². The minimum absolute atomic E-state index is 0.00208. The van der Waals surface area contributed by atoms with Crippen molar-refractivity contribution in [1.29, 1.82) is 0 Å². The first-order valence-electron chi connectivity index (χ1n) is 4.89. The monoisotopic (exact) mass is 193 g/mol. The molecule has 1 saturated carbocycles. The fraction of sp³-hybridized carbons (Fsp3) is 0.455. The third kappa shape index (κ3) is 1.99. The van der Waals surface area contributed by atoms with E-state index >= 15 is 0 Å². The minimum atomic E-state index is -0.00208. The van der Waals surface area contributed by atoms with E-state index in [9.17, 15) is 10.2 Å². The van der Waals surface area contributed by atoms with E-state index in [0.717, 1.165) is 31.2 Å². The summed E-state index contributed by atoms with van der Waals surface area (Å²) < 4.78 is 0. The Hall–Kier alpha value is -1.22. The van der Waals surface area contributed by atoms with Gasteiger partial charge in [-0.05, 0) is 49.4 Å². The molecule has 0 unspecified atom stereocenters. The van der Waals surface area contributed by atoms with Crippen molar-refractivity contribution in [3.63, 3.8) is 0 Å². The molecule has 0 saturated heterocycles. The van der Waals surface area contributed by atoms with E-state index in [1.54, 1.807) is 6.07 Å². The highest BCUT2D eigenvalue weighted by atomic mass is 16.3. The first-order chi connectivity index (χ1) is 6.59. The second kappa shape index (κ2) is 3.17. The first-order valence-corrected chi connectivity index (χ1v) is 4.89. The molecule has 4 N–H and O–H groups in total. The molecule has 1 aromatic carbocycles. The molecule has 76 valence electrons. The Morgan fingerprint density at radius 3 is 2.64 bits per heavy atom. The molecule has 3 heteroatoms. The molecule has 0 aliphatic heterocycles. The number of aromatic hydroxyl groups is 2. The summed E-state index contributed by atoms with van der Waals surface area (Å²) in [5.74, 6) is 0.437. The van der Waals surface area contributed by atoms with Crippen LogP contribution in [0.5, 0.6) is 11.5 Å². The van der Waals surface area contributed by atoms with Gasteiger partial charge in [0.25, 0.3) is 0 Å². The molecule has 0 spiro atoms. The zero-order valence-corrected chi connectivity index (χ0v) is 8.03. The fourth-order valence-corrected chi connectivity index (χ4v) is 1.57. The molecular weight excluding hydrogens is 178 g/mol. The van der Waals surface area contributed by atoms with Gasteiger partial charge in [-0.25, -0.2) is 0 Å². The highest BCUT2D eigenvalue weighted by Crippen LogP contribution is 2.37. The van der Waals surface area contributed by atoms with Crippen LogP contribution in [0.3, 0.4) is 0 Å². The van der Waals surface area contributed by atoms with Crippen molar-refractivity contribution < 1.29 is 10.2 Å². The first kappa shape index (κ1) is 9.34. The summed E-state index contributed by atoms with van der Waals surface area (Å²) in [5.41, 5.74) is 6.72. The predicted octanol–water partition coefficient (Wildman–Crippen LogP) is 1.52. The average molecular weight is 193 g/mol. The number of phenols is 2. The number of rotatable bonds is 3. The standard InChI is InChI=1S/C11H15NO2/c12-11(5-6-11)4-3-8-7-9(13)1-2-10(8)14/h1-2,7,13-14H,3-6,12H2. The van der Waals surface area contributed by atoms with Gasteiger partial charge in [0.1, 0.15) is 11.5 Å². The van der Waals surface area contributed by atoms with E-state index in [1.807, 2.05) is 0 Å². The van der Waals surface area contributed by atoms with Crippen molar-refractivity contribution >= 4 is 0 Å². The lowest BCUT2D eigenvalue weighted by Crippen LogP contribution is -2.22. The van der Waals surface area contributed by atoms with Crippen molar-refractivity contribution in [2.75, 3.05) is 0 Å². The number of hydrogen-bond acceptors (Lipinski definition) is 3. The smallest absolute Gasteiger partial charge is 0.119 e. The lowest BCUT2D eigenvalue weighted by atomic mass is 10.0. The van der Waals surface area contributed by atoms with Crippen molar-refractivity contribution in [1.82, 2.24) is 0 Å². The van der Waals surface area contributed by atoms with Gasteiger partial charge in [0.2, 0.25) is 0 Å². The van der Waals surface area contributed by atoms with E-state index in [4.69, 9.17) is 5.73 Å². The maximum atomic E-state index is 9.50. The third-order valence-electron chi connectivity index (χ3n) is 2.85. The molecule has 0 amide bonds. The molecule has 14 heavy (non-hydrogen) atoms. The van der Waals surface area contributed by atoms with Gasteiger partial charge in [-0.1, -0.05) is 0 Å². The third-order valence-corrected chi connectivity index (χ3v) is 2.85. The molecular formula is C11H15NO2. The van der Waals surface area contributed by atoms with E-state index in [-0.39, 0.29) is 17.0 Å². The lowest BCUT2D eigenvalue weighted by Gasteiger charge is -2.09. The van der Waals surface area contributed by atoms with Gasteiger partial charge in [-0.15, -0.1) is 0 Å². The Bertz CT molecular complexity index is 345. The number of aryl methyl sites for hydroxylation is 1. The lowest BCUT2D eigenvalue weighted by molar-refractivity contribution is 0.451. The van der Waals surface area contributed by atoms with Gasteiger partial charge in [0.15, 0.2) is 0 Å². The van der Waals surface area contributed by atoms with Gasteiger partial charge in [-0.3, -0.25) is 0 Å². The van der Waals surface area contributed by atoms with Gasteiger partial charge in [0.05, 0.1) is 0 Å². The number of nitrogens with two attached hydrogens (primary N) is 1. The summed E-state index contributed by atoms with van der Waals surface area (Å²) in [6.07, 6.45) is 3.76. The summed E-state index contributed by atoms with van der Waals surface area (Å²) >= 11 is 0. The zero-order chi connectivity index (χ0) is 10.2. The maximum Gasteiger partial charge on any atom is 0.119 e. The molecule has 0 aromatic heterocycles. The summed E-state index contributed by atoms with van der Waals surface area (Å²) in [6, 6.07) is 4.59. The molecule has 1 fully saturated rings. The Kier molecular flexibility index (Phi) is 2.11. The van der Waals surface area contributed by atoms with E-state index in [1.165, 1.54) is 12.1 Å². The zero-order valence-electron chi connectivity index (χ0n) is 8.03. The summed E-state index contributed by atoms with van der Waals surface area (Å²) in [5, 5.41) is 18.7. The quantitative estimate of drug-likeness (QED) is 0.638. The number of phenolic OH excluding ortho intramolecular Hbond substituents is 2. The largest absolute Gasteiger partial charge is 0.508 e. The predicted molar refractivity (Wildman–Crippen MR) is 54.2 cm³/mol. The second-order valence-corrected chi connectivity index (χ2v) is 4.18. The van der Waals surface area contributed by atoms with Gasteiger partial charge in [-0.2, -0.15) is 0 Å². The highest BCUT2D eigenvalue weighted by Gasteiger charge is 2.37. The van der Waals surface area contributed by atoms with Crippen LogP contribution >= 0.6 is 0 Å². The summed E-state index contributed by atoms with van der Waals surface area (Å²) in [4.78, 5) is 0. The van der Waals surface area contributed by atoms with Crippen molar-refractivity contribution in [3.05, 3.63) is 23.8 Å². The Morgan fingerprint density at radius 2 is 2.00 bits per heavy atom. The van der Waals surface area contributed by atoms with Crippen LogP contribution < -0.4 is 5.73 Å². The highest BCUT2D eigenvalue weighted by molar-refractivity contribution is 5.38. The van der Waals surface area contributed by atoms with Crippen molar-refractivity contribution in [2.45, 2.75) is 31.2 Å². The molecule has 1 aliphatic rings. The molecule has 1 aromatic rings. The molecule has 3 nitrogen and oxygen atoms in total. The molecule has 0 radical (unpaired) electrons. The van der Waals surface area contributed by atoms with Crippen LogP contribution in [0.15, 0.2) is 18.2 Å². The summed E-state index contributed by atoms with van der Waals surface area (Å²) in [7, 11) is 0.